The van der Waals surface area contributed by atoms with Crippen LogP contribution in [0.4, 0.5) is 32.8 Å². The SMILES string of the molecule is CCOC(=O)N1c2cc(OC)c(OC)cc2[C@@H](N(Cc2cc(F)cc(C(F)(F)F)c2)C(=O)OC)C[C@H]1C. The molecule has 2 amide bonds. The Kier molecular flexibility index (Phi) is 8.39. The predicted octanol–water partition coefficient (Wildman–Crippen LogP) is 5.93. The summed E-state index contributed by atoms with van der Waals surface area (Å²) in [6.07, 6.45) is -6.06. The van der Waals surface area contributed by atoms with Crippen LogP contribution >= 0.6 is 0 Å². The predicted molar refractivity (Wildman–Crippen MR) is 125 cm³/mol. The number of amides is 2. The minimum atomic E-state index is -4.77. The van der Waals surface area contributed by atoms with Gasteiger partial charge in [0, 0.05) is 24.2 Å². The van der Waals surface area contributed by atoms with Crippen LogP contribution in [-0.4, -0.2) is 51.1 Å². The van der Waals surface area contributed by atoms with Crippen molar-refractivity contribution in [1.82, 2.24) is 4.90 Å². The van der Waals surface area contributed by atoms with Crippen LogP contribution in [-0.2, 0) is 22.2 Å². The Morgan fingerprint density at radius 3 is 2.27 bits per heavy atom. The Bertz CT molecular complexity index is 1160. The maximum absolute atomic E-state index is 14.1. The number of methoxy groups -OCH3 is 3. The van der Waals surface area contributed by atoms with Crippen molar-refractivity contribution in [1.29, 1.82) is 0 Å². The molecule has 0 bridgehead atoms. The van der Waals surface area contributed by atoms with Gasteiger partial charge in [0.1, 0.15) is 5.82 Å². The standard InChI is InChI=1S/C25H28F4N2O6/c1-6-37-24(33)31-14(2)7-19(18-11-21(34-3)22(35-4)12-20(18)31)30(23(32)36-5)13-15-8-16(25(27,28)29)10-17(26)9-15/h8-12,14,19H,6-7,13H2,1-5H3/t14-,19+/m1/s1. The Morgan fingerprint density at radius 2 is 1.70 bits per heavy atom. The van der Waals surface area contributed by atoms with E-state index >= 15 is 0 Å². The number of nitrogens with zero attached hydrogens (tertiary/aromatic N) is 2. The highest BCUT2D eigenvalue weighted by Gasteiger charge is 2.40. The lowest BCUT2D eigenvalue weighted by Crippen LogP contribution is -2.47. The second kappa shape index (κ2) is 11.1. The van der Waals surface area contributed by atoms with Crippen LogP contribution in [0.15, 0.2) is 30.3 Å². The number of carbonyl (C=O) groups excluding carboxylic acids is 2. The summed E-state index contributed by atoms with van der Waals surface area (Å²) in [4.78, 5) is 28.4. The first kappa shape index (κ1) is 27.9. The summed E-state index contributed by atoms with van der Waals surface area (Å²) >= 11 is 0. The summed E-state index contributed by atoms with van der Waals surface area (Å²) in [5.41, 5.74) is -0.449. The van der Waals surface area contributed by atoms with E-state index in [0.29, 0.717) is 28.8 Å². The number of ether oxygens (including phenoxy) is 4. The van der Waals surface area contributed by atoms with Crippen LogP contribution in [0.5, 0.6) is 11.5 Å². The molecule has 1 aliphatic rings. The Hall–Kier alpha value is -3.70. The Labute approximate surface area is 211 Å². The van der Waals surface area contributed by atoms with Crippen molar-refractivity contribution in [3.63, 3.8) is 0 Å². The number of fused-ring (bicyclic) bond motifs is 1. The first-order valence-electron chi connectivity index (χ1n) is 11.4. The first-order chi connectivity index (χ1) is 17.4. The van der Waals surface area contributed by atoms with Gasteiger partial charge in [-0.2, -0.15) is 13.2 Å². The van der Waals surface area contributed by atoms with E-state index in [0.717, 1.165) is 19.2 Å². The highest BCUT2D eigenvalue weighted by Crippen LogP contribution is 2.46. The zero-order valence-corrected chi connectivity index (χ0v) is 21.0. The summed E-state index contributed by atoms with van der Waals surface area (Å²) in [5.74, 6) is -0.473. The van der Waals surface area contributed by atoms with Gasteiger partial charge in [-0.3, -0.25) is 9.80 Å². The summed E-state index contributed by atoms with van der Waals surface area (Å²) < 4.78 is 75.0. The largest absolute Gasteiger partial charge is 0.493 e. The third-order valence-electron chi connectivity index (χ3n) is 6.04. The van der Waals surface area contributed by atoms with Gasteiger partial charge in [-0.05, 0) is 50.1 Å². The molecule has 8 nitrogen and oxygen atoms in total. The molecule has 12 heteroatoms. The van der Waals surface area contributed by atoms with Crippen molar-refractivity contribution in [2.45, 2.75) is 45.1 Å². The molecule has 1 aliphatic heterocycles. The Balaban J connectivity index is 2.16. The number of anilines is 1. The van der Waals surface area contributed by atoms with Crippen LogP contribution in [0.3, 0.4) is 0 Å². The minimum Gasteiger partial charge on any atom is -0.493 e. The fourth-order valence-corrected chi connectivity index (χ4v) is 4.44. The molecule has 0 aromatic heterocycles. The van der Waals surface area contributed by atoms with E-state index in [1.54, 1.807) is 26.0 Å². The van der Waals surface area contributed by atoms with E-state index in [4.69, 9.17) is 18.9 Å². The summed E-state index contributed by atoms with van der Waals surface area (Å²) in [6, 6.07) is 3.97. The number of hydrogen-bond acceptors (Lipinski definition) is 6. The number of hydrogen-bond donors (Lipinski definition) is 0. The summed E-state index contributed by atoms with van der Waals surface area (Å²) in [7, 11) is 3.97. The van der Waals surface area contributed by atoms with Gasteiger partial charge in [-0.1, -0.05) is 0 Å². The summed E-state index contributed by atoms with van der Waals surface area (Å²) in [6.45, 7) is 3.14. The van der Waals surface area contributed by atoms with E-state index in [-0.39, 0.29) is 18.6 Å². The number of rotatable bonds is 6. The van der Waals surface area contributed by atoms with Crippen molar-refractivity contribution in [2.75, 3.05) is 32.8 Å². The second-order valence-electron chi connectivity index (χ2n) is 8.38. The molecular formula is C25H28F4N2O6. The average Bonchev–Trinajstić information content (AvgIpc) is 2.84. The molecule has 0 spiro atoms. The van der Waals surface area contributed by atoms with E-state index < -0.39 is 48.4 Å². The Morgan fingerprint density at radius 1 is 1.05 bits per heavy atom. The highest BCUT2D eigenvalue weighted by molar-refractivity contribution is 5.91. The van der Waals surface area contributed by atoms with Crippen molar-refractivity contribution < 1.29 is 46.1 Å². The van der Waals surface area contributed by atoms with Crippen LogP contribution in [0.1, 0.15) is 43.0 Å². The quantitative estimate of drug-likeness (QED) is 0.433. The molecule has 202 valence electrons. The van der Waals surface area contributed by atoms with E-state index in [1.165, 1.54) is 24.0 Å². The molecule has 37 heavy (non-hydrogen) atoms. The molecule has 0 radical (unpaired) electrons. The van der Waals surface area contributed by atoms with Crippen molar-refractivity contribution in [3.8, 4) is 11.5 Å². The maximum atomic E-state index is 14.1. The van der Waals surface area contributed by atoms with Gasteiger partial charge in [-0.25, -0.2) is 14.0 Å². The monoisotopic (exact) mass is 528 g/mol. The minimum absolute atomic E-state index is 0.0831. The van der Waals surface area contributed by atoms with E-state index in [9.17, 15) is 27.2 Å². The normalized spacial score (nSPS) is 17.1. The maximum Gasteiger partial charge on any atom is 0.416 e. The van der Waals surface area contributed by atoms with Crippen molar-refractivity contribution in [3.05, 3.63) is 52.8 Å². The molecule has 2 atom stereocenters. The van der Waals surface area contributed by atoms with Crippen LogP contribution in [0.2, 0.25) is 0 Å². The number of carbonyl (C=O) groups is 2. The molecule has 0 N–H and O–H groups in total. The smallest absolute Gasteiger partial charge is 0.416 e. The molecule has 0 unspecified atom stereocenters. The van der Waals surface area contributed by atoms with Gasteiger partial charge in [0.05, 0.1) is 45.2 Å². The molecule has 2 aromatic rings. The zero-order valence-electron chi connectivity index (χ0n) is 21.0. The topological polar surface area (TPSA) is 77.5 Å². The van der Waals surface area contributed by atoms with Gasteiger partial charge < -0.3 is 18.9 Å². The van der Waals surface area contributed by atoms with Gasteiger partial charge in [0.15, 0.2) is 11.5 Å². The molecule has 0 fully saturated rings. The molecule has 3 rings (SSSR count). The molecular weight excluding hydrogens is 500 g/mol. The zero-order chi connectivity index (χ0) is 27.5. The number of benzene rings is 2. The average molecular weight is 528 g/mol. The van der Waals surface area contributed by atoms with Gasteiger partial charge >= 0.3 is 18.4 Å². The van der Waals surface area contributed by atoms with Crippen LogP contribution < -0.4 is 14.4 Å². The fraction of sp³-hybridized carbons (Fsp3) is 0.440. The van der Waals surface area contributed by atoms with Crippen LogP contribution in [0, 0.1) is 5.82 Å². The van der Waals surface area contributed by atoms with Gasteiger partial charge in [-0.15, -0.1) is 0 Å². The lowest BCUT2D eigenvalue weighted by Gasteiger charge is -2.42. The highest BCUT2D eigenvalue weighted by atomic mass is 19.4. The lowest BCUT2D eigenvalue weighted by molar-refractivity contribution is -0.137. The van der Waals surface area contributed by atoms with Crippen LogP contribution in [0.25, 0.3) is 0 Å². The first-order valence-corrected chi connectivity index (χ1v) is 11.4. The molecule has 2 aromatic carbocycles. The lowest BCUT2D eigenvalue weighted by atomic mass is 9.90. The van der Waals surface area contributed by atoms with Gasteiger partial charge in [0.25, 0.3) is 0 Å². The number of halogens is 4. The molecule has 0 aliphatic carbocycles. The third-order valence-corrected chi connectivity index (χ3v) is 6.04. The summed E-state index contributed by atoms with van der Waals surface area (Å²) in [5, 5.41) is 0. The molecule has 0 saturated heterocycles. The third kappa shape index (κ3) is 5.83. The van der Waals surface area contributed by atoms with Crippen molar-refractivity contribution in [2.24, 2.45) is 0 Å². The number of alkyl halides is 3. The molecule has 1 heterocycles. The van der Waals surface area contributed by atoms with Crippen molar-refractivity contribution >= 4 is 17.9 Å². The molecule has 0 saturated carbocycles. The second-order valence-corrected chi connectivity index (χ2v) is 8.38. The fourth-order valence-electron chi connectivity index (χ4n) is 4.44. The van der Waals surface area contributed by atoms with Gasteiger partial charge in [0.2, 0.25) is 0 Å². The van der Waals surface area contributed by atoms with E-state index in [1.807, 2.05) is 0 Å². The van der Waals surface area contributed by atoms with E-state index in [2.05, 4.69) is 0 Å².